The van der Waals surface area contributed by atoms with Gasteiger partial charge in [0.05, 0.1) is 11.4 Å². The average molecular weight is 402 g/mol. The molecule has 1 N–H and O–H groups in total. The maximum absolute atomic E-state index is 12.7. The SMILES string of the molecule is CC(=O)N1c2ccc(S(=O)(=O)NCC3COc4ccccc4O3)cc2CC1C. The van der Waals surface area contributed by atoms with Crippen LogP contribution in [-0.2, 0) is 21.2 Å². The minimum absolute atomic E-state index is 0.0197. The molecular formula is C20H22N2O5S. The van der Waals surface area contributed by atoms with Gasteiger partial charge >= 0.3 is 0 Å². The van der Waals surface area contributed by atoms with Crippen molar-refractivity contribution in [3.63, 3.8) is 0 Å². The van der Waals surface area contributed by atoms with Crippen LogP contribution in [0.5, 0.6) is 11.5 Å². The lowest BCUT2D eigenvalue weighted by atomic mass is 10.1. The van der Waals surface area contributed by atoms with Crippen LogP contribution in [0.25, 0.3) is 0 Å². The number of anilines is 1. The monoisotopic (exact) mass is 402 g/mol. The number of fused-ring (bicyclic) bond motifs is 2. The number of rotatable bonds is 4. The summed E-state index contributed by atoms with van der Waals surface area (Å²) >= 11 is 0. The smallest absolute Gasteiger partial charge is 0.240 e. The zero-order valence-electron chi connectivity index (χ0n) is 15.7. The normalized spacial score (nSPS) is 20.7. The largest absolute Gasteiger partial charge is 0.486 e. The molecule has 148 valence electrons. The standard InChI is InChI=1S/C20H22N2O5S/c1-13-9-15-10-17(7-8-18(15)22(13)14(2)23)28(24,25)21-11-16-12-26-19-5-3-4-6-20(19)27-16/h3-8,10,13,16,21H,9,11-12H2,1-2H3. The number of para-hydroxylation sites is 2. The summed E-state index contributed by atoms with van der Waals surface area (Å²) < 4.78 is 39.5. The van der Waals surface area contributed by atoms with Gasteiger partial charge in [-0.15, -0.1) is 0 Å². The molecule has 2 aliphatic heterocycles. The topological polar surface area (TPSA) is 84.9 Å². The van der Waals surface area contributed by atoms with E-state index < -0.39 is 16.1 Å². The van der Waals surface area contributed by atoms with Gasteiger partial charge in [-0.05, 0) is 49.2 Å². The van der Waals surface area contributed by atoms with Gasteiger partial charge in [-0.2, -0.15) is 0 Å². The predicted molar refractivity (Wildman–Crippen MR) is 104 cm³/mol. The molecule has 8 heteroatoms. The highest BCUT2D eigenvalue weighted by Crippen LogP contribution is 2.34. The Balaban J connectivity index is 1.46. The summed E-state index contributed by atoms with van der Waals surface area (Å²) in [7, 11) is -3.70. The van der Waals surface area contributed by atoms with Crippen molar-refractivity contribution in [2.24, 2.45) is 0 Å². The zero-order chi connectivity index (χ0) is 19.9. The Labute approximate surface area is 164 Å². The molecule has 2 aromatic rings. The molecule has 0 spiro atoms. The number of ether oxygens (including phenoxy) is 2. The molecule has 2 aromatic carbocycles. The van der Waals surface area contributed by atoms with Crippen molar-refractivity contribution in [2.45, 2.75) is 37.3 Å². The molecule has 7 nitrogen and oxygen atoms in total. The molecule has 0 aliphatic carbocycles. The summed E-state index contributed by atoms with van der Waals surface area (Å²) in [6.45, 7) is 3.84. The molecule has 0 bridgehead atoms. The van der Waals surface area contributed by atoms with E-state index in [1.165, 1.54) is 13.0 Å². The van der Waals surface area contributed by atoms with Gasteiger partial charge < -0.3 is 14.4 Å². The van der Waals surface area contributed by atoms with Crippen molar-refractivity contribution >= 4 is 21.6 Å². The average Bonchev–Trinajstić information content (AvgIpc) is 3.01. The van der Waals surface area contributed by atoms with Crippen LogP contribution in [-0.4, -0.2) is 39.6 Å². The Bertz CT molecular complexity index is 1020. The number of carbonyl (C=O) groups is 1. The maximum atomic E-state index is 12.7. The van der Waals surface area contributed by atoms with Crippen LogP contribution in [0.15, 0.2) is 47.4 Å². The summed E-state index contributed by atoms with van der Waals surface area (Å²) in [5.41, 5.74) is 1.64. The minimum atomic E-state index is -3.70. The molecule has 0 fully saturated rings. The predicted octanol–water partition coefficient (Wildman–Crippen LogP) is 2.10. The van der Waals surface area contributed by atoms with Crippen molar-refractivity contribution in [3.8, 4) is 11.5 Å². The van der Waals surface area contributed by atoms with Gasteiger partial charge in [0, 0.05) is 18.7 Å². The second-order valence-electron chi connectivity index (χ2n) is 7.08. The van der Waals surface area contributed by atoms with Crippen molar-refractivity contribution in [1.82, 2.24) is 4.72 Å². The Morgan fingerprint density at radius 3 is 2.71 bits per heavy atom. The quantitative estimate of drug-likeness (QED) is 0.847. The van der Waals surface area contributed by atoms with Gasteiger partial charge in [0.2, 0.25) is 15.9 Å². The lowest BCUT2D eigenvalue weighted by Crippen LogP contribution is -2.40. The van der Waals surface area contributed by atoms with Crippen LogP contribution in [0, 0.1) is 0 Å². The summed E-state index contributed by atoms with van der Waals surface area (Å²) in [5.74, 6) is 1.22. The number of nitrogens with one attached hydrogen (secondary N) is 1. The van der Waals surface area contributed by atoms with E-state index in [0.717, 1.165) is 11.3 Å². The van der Waals surface area contributed by atoms with Crippen LogP contribution < -0.4 is 19.1 Å². The Kier molecular flexibility index (Phi) is 4.76. The van der Waals surface area contributed by atoms with E-state index in [1.54, 1.807) is 23.1 Å². The fourth-order valence-corrected chi connectivity index (χ4v) is 4.82. The summed E-state index contributed by atoms with van der Waals surface area (Å²) in [5, 5.41) is 0. The highest BCUT2D eigenvalue weighted by Gasteiger charge is 2.30. The first-order chi connectivity index (χ1) is 13.3. The fraction of sp³-hybridized carbons (Fsp3) is 0.350. The number of amides is 1. The third kappa shape index (κ3) is 3.45. The molecule has 28 heavy (non-hydrogen) atoms. The second-order valence-corrected chi connectivity index (χ2v) is 8.85. The third-order valence-electron chi connectivity index (χ3n) is 4.98. The molecule has 1 amide bonds. The van der Waals surface area contributed by atoms with E-state index >= 15 is 0 Å². The summed E-state index contributed by atoms with van der Waals surface area (Å²) in [6.07, 6.45) is 0.224. The van der Waals surface area contributed by atoms with Crippen LogP contribution >= 0.6 is 0 Å². The van der Waals surface area contributed by atoms with Crippen molar-refractivity contribution in [2.75, 3.05) is 18.1 Å². The molecule has 0 saturated carbocycles. The van der Waals surface area contributed by atoms with E-state index in [1.807, 2.05) is 25.1 Å². The van der Waals surface area contributed by atoms with Crippen molar-refractivity contribution < 1.29 is 22.7 Å². The van der Waals surface area contributed by atoms with Crippen LogP contribution in [0.4, 0.5) is 5.69 Å². The van der Waals surface area contributed by atoms with Gasteiger partial charge in [0.1, 0.15) is 12.7 Å². The zero-order valence-corrected chi connectivity index (χ0v) is 16.5. The highest BCUT2D eigenvalue weighted by atomic mass is 32.2. The highest BCUT2D eigenvalue weighted by molar-refractivity contribution is 7.89. The molecule has 2 atom stereocenters. The van der Waals surface area contributed by atoms with Crippen molar-refractivity contribution in [3.05, 3.63) is 48.0 Å². The molecular weight excluding hydrogens is 380 g/mol. The molecule has 0 radical (unpaired) electrons. The minimum Gasteiger partial charge on any atom is -0.486 e. The number of hydrogen-bond donors (Lipinski definition) is 1. The number of sulfonamides is 1. The van der Waals surface area contributed by atoms with Crippen LogP contribution in [0.2, 0.25) is 0 Å². The molecule has 0 aromatic heterocycles. The van der Waals surface area contributed by atoms with Crippen LogP contribution in [0.3, 0.4) is 0 Å². The summed E-state index contributed by atoms with van der Waals surface area (Å²) in [6, 6.07) is 12.2. The number of hydrogen-bond acceptors (Lipinski definition) is 5. The van der Waals surface area contributed by atoms with E-state index in [4.69, 9.17) is 9.47 Å². The maximum Gasteiger partial charge on any atom is 0.240 e. The van der Waals surface area contributed by atoms with Gasteiger partial charge in [-0.1, -0.05) is 12.1 Å². The fourth-order valence-electron chi connectivity index (χ4n) is 3.70. The molecule has 0 saturated heterocycles. The Morgan fingerprint density at radius 1 is 1.21 bits per heavy atom. The Hall–Kier alpha value is -2.58. The molecule has 4 rings (SSSR count). The van der Waals surface area contributed by atoms with Gasteiger partial charge in [-0.3, -0.25) is 4.79 Å². The van der Waals surface area contributed by atoms with Crippen molar-refractivity contribution in [1.29, 1.82) is 0 Å². The van der Waals surface area contributed by atoms with E-state index in [9.17, 15) is 13.2 Å². The third-order valence-corrected chi connectivity index (χ3v) is 6.41. The number of nitrogens with zero attached hydrogens (tertiary/aromatic N) is 1. The van der Waals surface area contributed by atoms with Gasteiger partial charge in [0.15, 0.2) is 11.5 Å². The van der Waals surface area contributed by atoms with E-state index in [2.05, 4.69) is 4.72 Å². The van der Waals surface area contributed by atoms with E-state index in [0.29, 0.717) is 17.9 Å². The van der Waals surface area contributed by atoms with Gasteiger partial charge in [0.25, 0.3) is 0 Å². The number of carbonyl (C=O) groups excluding carboxylic acids is 1. The number of benzene rings is 2. The Morgan fingerprint density at radius 2 is 1.96 bits per heavy atom. The first-order valence-electron chi connectivity index (χ1n) is 9.16. The van der Waals surface area contributed by atoms with E-state index in [-0.39, 0.29) is 30.0 Å². The molecule has 2 heterocycles. The first-order valence-corrected chi connectivity index (χ1v) is 10.6. The summed E-state index contributed by atoms with van der Waals surface area (Å²) in [4.78, 5) is 13.7. The first kappa shape index (κ1) is 18.8. The van der Waals surface area contributed by atoms with Gasteiger partial charge in [-0.25, -0.2) is 13.1 Å². The molecule has 2 unspecified atom stereocenters. The molecule has 2 aliphatic rings. The second kappa shape index (κ2) is 7.10. The lowest BCUT2D eigenvalue weighted by Gasteiger charge is -2.26. The lowest BCUT2D eigenvalue weighted by molar-refractivity contribution is -0.116. The van der Waals surface area contributed by atoms with Crippen LogP contribution in [0.1, 0.15) is 19.4 Å².